The maximum Gasteiger partial charge on any atom is 0.271 e. The minimum atomic E-state index is -0.193. The molecule has 1 atom stereocenters. The fraction of sp³-hybridized carbons (Fsp3) is 0.200. The van der Waals surface area contributed by atoms with Crippen LogP contribution >= 0.6 is 11.3 Å². The quantitative estimate of drug-likeness (QED) is 0.663. The lowest BCUT2D eigenvalue weighted by Crippen LogP contribution is -2.26. The number of thiazole rings is 1. The van der Waals surface area contributed by atoms with Crippen LogP contribution in [0.25, 0.3) is 0 Å². The first kappa shape index (κ1) is 17.9. The largest absolute Gasteiger partial charge is 0.495 e. The summed E-state index contributed by atoms with van der Waals surface area (Å²) < 4.78 is 5.36. The number of anilines is 2. The van der Waals surface area contributed by atoms with E-state index >= 15 is 0 Å². The Morgan fingerprint density at radius 1 is 1.19 bits per heavy atom. The topological polar surface area (TPSA) is 63.2 Å². The van der Waals surface area contributed by atoms with Gasteiger partial charge in [-0.3, -0.25) is 4.79 Å². The molecule has 1 amide bonds. The number of benzene rings is 2. The van der Waals surface area contributed by atoms with Crippen LogP contribution in [0.1, 0.15) is 34.6 Å². The average molecular weight is 367 g/mol. The summed E-state index contributed by atoms with van der Waals surface area (Å²) in [6.45, 7) is 3.96. The highest BCUT2D eigenvalue weighted by Crippen LogP contribution is 2.30. The number of rotatable bonds is 6. The van der Waals surface area contributed by atoms with Crippen molar-refractivity contribution in [2.24, 2.45) is 0 Å². The molecule has 0 aliphatic heterocycles. The first-order valence-corrected chi connectivity index (χ1v) is 9.18. The minimum absolute atomic E-state index is 0.0846. The third-order valence-electron chi connectivity index (χ3n) is 3.98. The van der Waals surface area contributed by atoms with Gasteiger partial charge in [-0.05, 0) is 37.1 Å². The van der Waals surface area contributed by atoms with Crippen molar-refractivity contribution in [3.05, 3.63) is 70.7 Å². The van der Waals surface area contributed by atoms with Crippen LogP contribution in [-0.2, 0) is 0 Å². The predicted octanol–water partition coefficient (Wildman–Crippen LogP) is 4.69. The van der Waals surface area contributed by atoms with Crippen molar-refractivity contribution in [3.8, 4) is 5.75 Å². The van der Waals surface area contributed by atoms with Gasteiger partial charge in [0.25, 0.3) is 5.91 Å². The molecule has 6 heteroatoms. The summed E-state index contributed by atoms with van der Waals surface area (Å²) in [5, 5.41) is 8.59. The summed E-state index contributed by atoms with van der Waals surface area (Å²) in [6, 6.07) is 15.6. The second kappa shape index (κ2) is 8.01. The van der Waals surface area contributed by atoms with Gasteiger partial charge in [0, 0.05) is 5.38 Å². The van der Waals surface area contributed by atoms with E-state index < -0.39 is 0 Å². The van der Waals surface area contributed by atoms with Crippen molar-refractivity contribution in [2.75, 3.05) is 12.4 Å². The number of nitrogens with one attached hydrogen (secondary N) is 2. The number of hydrogen-bond acceptors (Lipinski definition) is 5. The first-order chi connectivity index (χ1) is 12.6. The van der Waals surface area contributed by atoms with Crippen LogP contribution in [-0.4, -0.2) is 18.0 Å². The van der Waals surface area contributed by atoms with Crippen molar-refractivity contribution in [1.82, 2.24) is 10.3 Å². The molecule has 0 aliphatic carbocycles. The van der Waals surface area contributed by atoms with Gasteiger partial charge in [-0.15, -0.1) is 11.3 Å². The molecule has 134 valence electrons. The second-order valence-corrected chi connectivity index (χ2v) is 6.83. The van der Waals surface area contributed by atoms with E-state index in [1.165, 1.54) is 11.3 Å². The van der Waals surface area contributed by atoms with Crippen molar-refractivity contribution in [3.63, 3.8) is 0 Å². The van der Waals surface area contributed by atoms with E-state index in [-0.39, 0.29) is 11.9 Å². The molecule has 2 aromatic carbocycles. The molecule has 0 saturated heterocycles. The van der Waals surface area contributed by atoms with E-state index in [1.807, 2.05) is 62.4 Å². The molecule has 5 nitrogen and oxygen atoms in total. The molecule has 1 aromatic heterocycles. The van der Waals surface area contributed by atoms with E-state index in [2.05, 4.69) is 15.6 Å². The molecule has 0 fully saturated rings. The van der Waals surface area contributed by atoms with Gasteiger partial charge in [-0.2, -0.15) is 0 Å². The summed E-state index contributed by atoms with van der Waals surface area (Å²) >= 11 is 1.38. The van der Waals surface area contributed by atoms with Gasteiger partial charge in [-0.1, -0.05) is 36.4 Å². The van der Waals surface area contributed by atoms with Gasteiger partial charge < -0.3 is 15.4 Å². The second-order valence-electron chi connectivity index (χ2n) is 5.97. The minimum Gasteiger partial charge on any atom is -0.495 e. The first-order valence-electron chi connectivity index (χ1n) is 8.30. The van der Waals surface area contributed by atoms with Crippen LogP contribution in [0.4, 0.5) is 10.8 Å². The number of hydrogen-bond donors (Lipinski definition) is 2. The third kappa shape index (κ3) is 4.21. The average Bonchev–Trinajstić information content (AvgIpc) is 3.11. The Hall–Kier alpha value is -2.86. The van der Waals surface area contributed by atoms with Crippen molar-refractivity contribution < 1.29 is 9.53 Å². The molecule has 0 radical (unpaired) electrons. The lowest BCUT2D eigenvalue weighted by Gasteiger charge is -2.13. The predicted molar refractivity (Wildman–Crippen MR) is 105 cm³/mol. The van der Waals surface area contributed by atoms with Gasteiger partial charge in [0.15, 0.2) is 5.13 Å². The molecule has 0 spiro atoms. The fourth-order valence-corrected chi connectivity index (χ4v) is 3.27. The standard InChI is InChI=1S/C20H21N3O2S/c1-13-9-10-18(25-3)16(11-13)22-20-23-17(12-26-20)19(24)21-14(2)15-7-5-4-6-8-15/h4-12,14H,1-3H3,(H,21,24)(H,22,23). The van der Waals surface area contributed by atoms with Crippen LogP contribution in [0.5, 0.6) is 5.75 Å². The maximum absolute atomic E-state index is 12.5. The molecular formula is C20H21N3O2S. The number of aryl methyl sites for hydroxylation is 1. The smallest absolute Gasteiger partial charge is 0.271 e. The van der Waals surface area contributed by atoms with E-state index in [1.54, 1.807) is 12.5 Å². The number of nitrogens with zero attached hydrogens (tertiary/aromatic N) is 1. The van der Waals surface area contributed by atoms with E-state index in [4.69, 9.17) is 4.74 Å². The number of methoxy groups -OCH3 is 1. The van der Waals surface area contributed by atoms with Crippen LogP contribution in [0.3, 0.4) is 0 Å². The Kier molecular flexibility index (Phi) is 5.53. The number of amides is 1. The highest BCUT2D eigenvalue weighted by Gasteiger charge is 2.15. The zero-order valence-corrected chi connectivity index (χ0v) is 15.8. The van der Waals surface area contributed by atoms with Gasteiger partial charge in [0.2, 0.25) is 0 Å². The molecular weight excluding hydrogens is 346 g/mol. The van der Waals surface area contributed by atoms with E-state index in [0.29, 0.717) is 10.8 Å². The zero-order valence-electron chi connectivity index (χ0n) is 14.9. The Balaban J connectivity index is 1.70. The van der Waals surface area contributed by atoms with E-state index in [9.17, 15) is 4.79 Å². The molecule has 0 aliphatic rings. The molecule has 1 heterocycles. The molecule has 3 aromatic rings. The van der Waals surface area contributed by atoms with Crippen molar-refractivity contribution in [1.29, 1.82) is 0 Å². The van der Waals surface area contributed by atoms with E-state index in [0.717, 1.165) is 22.6 Å². The molecule has 3 rings (SSSR count). The highest BCUT2D eigenvalue weighted by molar-refractivity contribution is 7.14. The molecule has 0 saturated carbocycles. The lowest BCUT2D eigenvalue weighted by atomic mass is 10.1. The number of aromatic nitrogens is 1. The number of carbonyl (C=O) groups excluding carboxylic acids is 1. The van der Waals surface area contributed by atoms with Crippen LogP contribution < -0.4 is 15.4 Å². The van der Waals surface area contributed by atoms with Crippen molar-refractivity contribution >= 4 is 28.1 Å². The molecule has 26 heavy (non-hydrogen) atoms. The Morgan fingerprint density at radius 2 is 1.96 bits per heavy atom. The number of ether oxygens (including phenoxy) is 1. The normalized spacial score (nSPS) is 11.7. The fourth-order valence-electron chi connectivity index (χ4n) is 2.57. The summed E-state index contributed by atoms with van der Waals surface area (Å²) in [5.74, 6) is 0.538. The molecule has 2 N–H and O–H groups in total. The van der Waals surface area contributed by atoms with Gasteiger partial charge >= 0.3 is 0 Å². The van der Waals surface area contributed by atoms with Gasteiger partial charge in [0.05, 0.1) is 18.8 Å². The lowest BCUT2D eigenvalue weighted by molar-refractivity contribution is 0.0935. The Morgan fingerprint density at radius 3 is 2.69 bits per heavy atom. The third-order valence-corrected chi connectivity index (χ3v) is 4.74. The monoisotopic (exact) mass is 367 g/mol. The summed E-state index contributed by atoms with van der Waals surface area (Å²) in [4.78, 5) is 16.8. The molecule has 0 bridgehead atoms. The number of carbonyl (C=O) groups is 1. The summed E-state index contributed by atoms with van der Waals surface area (Å²) in [6.07, 6.45) is 0. The van der Waals surface area contributed by atoms with Gasteiger partial charge in [0.1, 0.15) is 11.4 Å². The van der Waals surface area contributed by atoms with Crippen LogP contribution in [0.15, 0.2) is 53.9 Å². The van der Waals surface area contributed by atoms with Crippen molar-refractivity contribution in [2.45, 2.75) is 19.9 Å². The summed E-state index contributed by atoms with van der Waals surface area (Å²) in [5.41, 5.74) is 3.39. The van der Waals surface area contributed by atoms with Gasteiger partial charge in [-0.25, -0.2) is 4.98 Å². The SMILES string of the molecule is COc1ccc(C)cc1Nc1nc(C(=O)NC(C)c2ccccc2)cs1. The maximum atomic E-state index is 12.5. The Labute approximate surface area is 157 Å². The zero-order chi connectivity index (χ0) is 18.5. The molecule has 1 unspecified atom stereocenters. The Bertz CT molecular complexity index is 893. The van der Waals surface area contributed by atoms with Crippen LogP contribution in [0, 0.1) is 6.92 Å². The summed E-state index contributed by atoms with van der Waals surface area (Å²) in [7, 11) is 1.63. The highest BCUT2D eigenvalue weighted by atomic mass is 32.1. The van der Waals surface area contributed by atoms with Crippen LogP contribution in [0.2, 0.25) is 0 Å².